The lowest BCUT2D eigenvalue weighted by molar-refractivity contribution is 0.148. The average molecular weight is 227 g/mol. The van der Waals surface area contributed by atoms with Gasteiger partial charge in [0.2, 0.25) is 0 Å². The van der Waals surface area contributed by atoms with Crippen molar-refractivity contribution in [1.82, 2.24) is 5.32 Å². The molecule has 1 aromatic rings. The van der Waals surface area contributed by atoms with Crippen LogP contribution < -0.4 is 5.32 Å². The number of halogens is 1. The summed E-state index contributed by atoms with van der Waals surface area (Å²) in [5.41, 5.74) is 1.01. The molecule has 0 aliphatic rings. The molecule has 0 radical (unpaired) electrons. The fourth-order valence-electron chi connectivity index (χ4n) is 1.47. The first-order valence-corrected chi connectivity index (χ1v) is 5.34. The normalized spacial score (nSPS) is 12.7. The van der Waals surface area contributed by atoms with Gasteiger partial charge in [0.05, 0.1) is 6.61 Å². The van der Waals surface area contributed by atoms with Gasteiger partial charge in [-0.05, 0) is 24.1 Å². The number of hydrogen-bond donors (Lipinski definition) is 2. The highest BCUT2D eigenvalue weighted by atomic mass is 19.1. The van der Waals surface area contributed by atoms with Crippen LogP contribution in [0.2, 0.25) is 0 Å². The van der Waals surface area contributed by atoms with E-state index in [0.29, 0.717) is 19.6 Å². The zero-order chi connectivity index (χ0) is 11.8. The average Bonchev–Trinajstić information content (AvgIpc) is 2.29. The van der Waals surface area contributed by atoms with Gasteiger partial charge >= 0.3 is 0 Å². The highest BCUT2D eigenvalue weighted by molar-refractivity contribution is 5.15. The largest absolute Gasteiger partial charge is 0.396 e. The van der Waals surface area contributed by atoms with Crippen molar-refractivity contribution < 1.29 is 14.2 Å². The fraction of sp³-hybridized carbons (Fsp3) is 0.500. The van der Waals surface area contributed by atoms with Crippen molar-refractivity contribution in [3.05, 3.63) is 35.6 Å². The highest BCUT2D eigenvalue weighted by Crippen LogP contribution is 2.03. The van der Waals surface area contributed by atoms with Crippen molar-refractivity contribution in [2.45, 2.75) is 19.0 Å². The Hall–Kier alpha value is -0.970. The molecule has 0 aliphatic carbocycles. The number of nitrogens with one attached hydrogen (secondary N) is 1. The zero-order valence-corrected chi connectivity index (χ0v) is 9.45. The number of methoxy groups -OCH3 is 1. The quantitative estimate of drug-likeness (QED) is 0.738. The Balaban J connectivity index is 2.38. The van der Waals surface area contributed by atoms with Crippen LogP contribution in [0.4, 0.5) is 4.39 Å². The molecular weight excluding hydrogens is 209 g/mol. The van der Waals surface area contributed by atoms with Crippen LogP contribution in [0, 0.1) is 5.82 Å². The molecule has 4 heteroatoms. The maximum Gasteiger partial charge on any atom is 0.123 e. The molecule has 0 aliphatic heterocycles. The van der Waals surface area contributed by atoms with Crippen molar-refractivity contribution >= 4 is 0 Å². The summed E-state index contributed by atoms with van der Waals surface area (Å²) in [7, 11) is 1.63. The first-order valence-electron chi connectivity index (χ1n) is 5.34. The third-order valence-corrected chi connectivity index (χ3v) is 2.35. The molecule has 1 unspecified atom stereocenters. The van der Waals surface area contributed by atoms with E-state index in [1.165, 1.54) is 12.1 Å². The third kappa shape index (κ3) is 4.70. The predicted octanol–water partition coefficient (Wildman–Crippen LogP) is 1.31. The summed E-state index contributed by atoms with van der Waals surface area (Å²) in [4.78, 5) is 0. The Labute approximate surface area is 95.2 Å². The van der Waals surface area contributed by atoms with Gasteiger partial charge in [0.15, 0.2) is 0 Å². The van der Waals surface area contributed by atoms with E-state index >= 15 is 0 Å². The summed E-state index contributed by atoms with van der Waals surface area (Å²) in [5, 5.41) is 12.1. The summed E-state index contributed by atoms with van der Waals surface area (Å²) >= 11 is 0. The minimum atomic E-state index is -0.229. The lowest BCUT2D eigenvalue weighted by Crippen LogP contribution is -2.33. The Morgan fingerprint density at radius 1 is 1.38 bits per heavy atom. The maximum atomic E-state index is 12.7. The lowest BCUT2D eigenvalue weighted by Gasteiger charge is -2.16. The van der Waals surface area contributed by atoms with Crippen LogP contribution in [0.5, 0.6) is 0 Å². The fourth-order valence-corrected chi connectivity index (χ4v) is 1.47. The minimum absolute atomic E-state index is 0.125. The van der Waals surface area contributed by atoms with Gasteiger partial charge in [-0.2, -0.15) is 0 Å². The number of hydrogen-bond acceptors (Lipinski definition) is 3. The first-order chi connectivity index (χ1) is 7.76. The number of aliphatic hydroxyl groups excluding tert-OH is 1. The van der Waals surface area contributed by atoms with Crippen LogP contribution in [0.15, 0.2) is 24.3 Å². The van der Waals surface area contributed by atoms with Gasteiger partial charge in [-0.1, -0.05) is 12.1 Å². The molecule has 90 valence electrons. The van der Waals surface area contributed by atoms with E-state index in [9.17, 15) is 4.39 Å². The standard InChI is InChI=1S/C12H18FNO2/c1-16-9-12(6-7-15)14-8-10-2-4-11(13)5-3-10/h2-5,12,14-15H,6-9H2,1H3. The Kier molecular flexibility index (Phi) is 6.00. The van der Waals surface area contributed by atoms with Crippen molar-refractivity contribution in [2.24, 2.45) is 0 Å². The van der Waals surface area contributed by atoms with Crippen LogP contribution in [-0.4, -0.2) is 31.5 Å². The Bertz CT molecular complexity index is 284. The second-order valence-corrected chi connectivity index (χ2v) is 3.67. The van der Waals surface area contributed by atoms with Crippen LogP contribution in [0.25, 0.3) is 0 Å². The maximum absolute atomic E-state index is 12.7. The van der Waals surface area contributed by atoms with Gasteiger partial charge < -0.3 is 15.2 Å². The smallest absolute Gasteiger partial charge is 0.123 e. The summed E-state index contributed by atoms with van der Waals surface area (Å²) < 4.78 is 17.7. The molecule has 2 N–H and O–H groups in total. The molecule has 16 heavy (non-hydrogen) atoms. The van der Waals surface area contributed by atoms with E-state index in [4.69, 9.17) is 9.84 Å². The SMILES string of the molecule is COCC(CCO)NCc1ccc(F)cc1. The monoisotopic (exact) mass is 227 g/mol. The van der Waals surface area contributed by atoms with Gasteiger partial charge in [0, 0.05) is 26.3 Å². The third-order valence-electron chi connectivity index (χ3n) is 2.35. The molecule has 0 heterocycles. The molecule has 1 atom stereocenters. The van der Waals surface area contributed by atoms with Crippen molar-refractivity contribution in [3.63, 3.8) is 0 Å². The van der Waals surface area contributed by atoms with Gasteiger partial charge in [-0.25, -0.2) is 4.39 Å². The summed E-state index contributed by atoms with van der Waals surface area (Å²) in [6.45, 7) is 1.33. The molecule has 3 nitrogen and oxygen atoms in total. The van der Waals surface area contributed by atoms with Crippen LogP contribution >= 0.6 is 0 Å². The second kappa shape index (κ2) is 7.33. The second-order valence-electron chi connectivity index (χ2n) is 3.67. The van der Waals surface area contributed by atoms with E-state index in [1.807, 2.05) is 0 Å². The van der Waals surface area contributed by atoms with Crippen molar-refractivity contribution in [2.75, 3.05) is 20.3 Å². The summed E-state index contributed by atoms with van der Waals surface area (Å²) in [6, 6.07) is 6.49. The van der Waals surface area contributed by atoms with Gasteiger partial charge in [-0.3, -0.25) is 0 Å². The lowest BCUT2D eigenvalue weighted by atomic mass is 10.2. The summed E-state index contributed by atoms with van der Waals surface area (Å²) in [5.74, 6) is -0.229. The van der Waals surface area contributed by atoms with E-state index in [0.717, 1.165) is 5.56 Å². The van der Waals surface area contributed by atoms with Gasteiger partial charge in [0.25, 0.3) is 0 Å². The van der Waals surface area contributed by atoms with Crippen molar-refractivity contribution in [3.8, 4) is 0 Å². The molecule has 0 fully saturated rings. The molecular formula is C12H18FNO2. The number of ether oxygens (including phenoxy) is 1. The molecule has 1 aromatic carbocycles. The number of aliphatic hydroxyl groups is 1. The predicted molar refractivity (Wildman–Crippen MR) is 60.6 cm³/mol. The van der Waals surface area contributed by atoms with Crippen LogP contribution in [-0.2, 0) is 11.3 Å². The molecule has 0 aromatic heterocycles. The molecule has 0 amide bonds. The molecule has 0 saturated carbocycles. The van der Waals surface area contributed by atoms with Gasteiger partial charge in [-0.15, -0.1) is 0 Å². The van der Waals surface area contributed by atoms with E-state index in [-0.39, 0.29) is 18.5 Å². The molecule has 0 saturated heterocycles. The minimum Gasteiger partial charge on any atom is -0.396 e. The number of benzene rings is 1. The van der Waals surface area contributed by atoms with E-state index in [2.05, 4.69) is 5.32 Å². The molecule has 1 rings (SSSR count). The van der Waals surface area contributed by atoms with Gasteiger partial charge in [0.1, 0.15) is 5.82 Å². The van der Waals surface area contributed by atoms with E-state index in [1.54, 1.807) is 19.2 Å². The topological polar surface area (TPSA) is 41.5 Å². The Morgan fingerprint density at radius 3 is 2.62 bits per heavy atom. The Morgan fingerprint density at radius 2 is 2.06 bits per heavy atom. The van der Waals surface area contributed by atoms with Crippen molar-refractivity contribution in [1.29, 1.82) is 0 Å². The first kappa shape index (κ1) is 13.1. The van der Waals surface area contributed by atoms with Crippen LogP contribution in [0.3, 0.4) is 0 Å². The number of rotatable bonds is 7. The summed E-state index contributed by atoms with van der Waals surface area (Å²) in [6.07, 6.45) is 0.648. The zero-order valence-electron chi connectivity index (χ0n) is 9.45. The van der Waals surface area contributed by atoms with E-state index < -0.39 is 0 Å². The highest BCUT2D eigenvalue weighted by Gasteiger charge is 2.06. The van der Waals surface area contributed by atoms with Crippen LogP contribution in [0.1, 0.15) is 12.0 Å². The molecule has 0 bridgehead atoms. The molecule has 0 spiro atoms.